The zero-order valence-corrected chi connectivity index (χ0v) is 16.1. The van der Waals surface area contributed by atoms with Crippen molar-refractivity contribution in [2.45, 2.75) is 6.54 Å². The van der Waals surface area contributed by atoms with Gasteiger partial charge in [-0.25, -0.2) is 4.57 Å². The Hall–Kier alpha value is -2.98. The lowest BCUT2D eigenvalue weighted by molar-refractivity contribution is -0.688. The predicted octanol–water partition coefficient (Wildman–Crippen LogP) is 5.43. The zero-order chi connectivity index (χ0) is 18.6. The first kappa shape index (κ1) is 17.4. The molecule has 0 saturated carbocycles. The van der Waals surface area contributed by atoms with Crippen molar-refractivity contribution in [3.63, 3.8) is 0 Å². The number of aromatic nitrogens is 1. The number of halogens is 1. The first-order chi connectivity index (χ1) is 13.2. The molecule has 0 amide bonds. The van der Waals surface area contributed by atoms with Crippen LogP contribution in [0.4, 0.5) is 0 Å². The lowest BCUT2D eigenvalue weighted by atomic mass is 10.2. The number of ketones is 1. The van der Waals surface area contributed by atoms with Gasteiger partial charge in [-0.05, 0) is 35.9 Å². The van der Waals surface area contributed by atoms with E-state index in [2.05, 4.69) is 32.6 Å². The first-order valence-corrected chi connectivity index (χ1v) is 9.41. The number of furan rings is 1. The fourth-order valence-corrected chi connectivity index (χ4v) is 3.25. The van der Waals surface area contributed by atoms with E-state index in [4.69, 9.17) is 4.42 Å². The van der Waals surface area contributed by atoms with Gasteiger partial charge in [0.2, 0.25) is 5.78 Å². The van der Waals surface area contributed by atoms with Gasteiger partial charge in [0.15, 0.2) is 24.7 Å². The maximum absolute atomic E-state index is 12.4. The van der Waals surface area contributed by atoms with Crippen molar-refractivity contribution in [1.29, 1.82) is 0 Å². The number of pyridine rings is 1. The average Bonchev–Trinajstić information content (AvgIpc) is 3.11. The Morgan fingerprint density at radius 1 is 1.00 bits per heavy atom. The van der Waals surface area contributed by atoms with Crippen LogP contribution in [0.25, 0.3) is 17.0 Å². The van der Waals surface area contributed by atoms with Gasteiger partial charge < -0.3 is 4.42 Å². The van der Waals surface area contributed by atoms with Gasteiger partial charge >= 0.3 is 0 Å². The molecule has 0 spiro atoms. The number of allylic oxidation sites excluding steroid dienone is 1. The summed E-state index contributed by atoms with van der Waals surface area (Å²) < 4.78 is 8.69. The van der Waals surface area contributed by atoms with Crippen molar-refractivity contribution < 1.29 is 13.8 Å². The second-order valence-corrected chi connectivity index (χ2v) is 7.20. The molecule has 132 valence electrons. The second-order valence-electron chi connectivity index (χ2n) is 6.28. The Bertz CT molecular complexity index is 1110. The fourth-order valence-electron chi connectivity index (χ4n) is 2.87. The summed E-state index contributed by atoms with van der Waals surface area (Å²) in [5, 5.41) is 0.905. The molecule has 27 heavy (non-hydrogen) atoms. The second kappa shape index (κ2) is 7.72. The molecule has 0 atom stereocenters. The van der Waals surface area contributed by atoms with Crippen LogP contribution in [-0.2, 0) is 6.54 Å². The standard InChI is InChI=1S/C23H17BrNO2/c24-20-7-9-22-19(14-20)15-23(27-22)21(26)8-6-17-10-12-25(13-11-17)16-18-4-2-1-3-5-18/h1-15H,16H2/q+1/b8-6+. The minimum absolute atomic E-state index is 0.150. The van der Waals surface area contributed by atoms with Crippen LogP contribution in [0.1, 0.15) is 21.7 Å². The Labute approximate surface area is 165 Å². The number of hydrogen-bond donors (Lipinski definition) is 0. The molecule has 0 aliphatic heterocycles. The first-order valence-electron chi connectivity index (χ1n) is 8.62. The molecule has 0 aliphatic carbocycles. The van der Waals surface area contributed by atoms with Gasteiger partial charge in [-0.1, -0.05) is 52.3 Å². The molecule has 4 aromatic rings. The summed E-state index contributed by atoms with van der Waals surface area (Å²) in [5.41, 5.74) is 2.92. The van der Waals surface area contributed by atoms with E-state index in [1.54, 1.807) is 18.2 Å². The Morgan fingerprint density at radius 3 is 2.56 bits per heavy atom. The summed E-state index contributed by atoms with van der Waals surface area (Å²) in [7, 11) is 0. The summed E-state index contributed by atoms with van der Waals surface area (Å²) >= 11 is 3.42. The molecule has 0 bridgehead atoms. The molecule has 0 saturated heterocycles. The van der Waals surface area contributed by atoms with Crippen LogP contribution in [0.2, 0.25) is 0 Å². The number of rotatable bonds is 5. The van der Waals surface area contributed by atoms with E-state index in [1.807, 2.05) is 60.9 Å². The van der Waals surface area contributed by atoms with Crippen LogP contribution in [-0.4, -0.2) is 5.78 Å². The third-order valence-corrected chi connectivity index (χ3v) is 4.77. The molecule has 4 heteroatoms. The third-order valence-electron chi connectivity index (χ3n) is 4.27. The highest BCUT2D eigenvalue weighted by molar-refractivity contribution is 9.10. The fraction of sp³-hybridized carbons (Fsp3) is 0.0435. The van der Waals surface area contributed by atoms with Gasteiger partial charge in [-0.3, -0.25) is 4.79 Å². The molecule has 2 heterocycles. The maximum Gasteiger partial charge on any atom is 0.221 e. The largest absolute Gasteiger partial charge is 0.453 e. The summed E-state index contributed by atoms with van der Waals surface area (Å²) in [4.78, 5) is 12.4. The quantitative estimate of drug-likeness (QED) is 0.246. The van der Waals surface area contributed by atoms with E-state index < -0.39 is 0 Å². The van der Waals surface area contributed by atoms with Gasteiger partial charge in [0.1, 0.15) is 5.58 Å². The highest BCUT2D eigenvalue weighted by Gasteiger charge is 2.10. The maximum atomic E-state index is 12.4. The number of carbonyl (C=O) groups is 1. The van der Waals surface area contributed by atoms with Gasteiger partial charge in [-0.2, -0.15) is 0 Å². The van der Waals surface area contributed by atoms with E-state index in [0.29, 0.717) is 11.3 Å². The lowest BCUT2D eigenvalue weighted by Crippen LogP contribution is -2.33. The van der Waals surface area contributed by atoms with Crippen molar-refractivity contribution in [3.8, 4) is 0 Å². The summed E-state index contributed by atoms with van der Waals surface area (Å²) in [6.45, 7) is 0.818. The molecule has 0 fully saturated rings. The Balaban J connectivity index is 1.46. The smallest absolute Gasteiger partial charge is 0.221 e. The van der Waals surface area contributed by atoms with Crippen molar-refractivity contribution in [2.24, 2.45) is 0 Å². The molecule has 0 radical (unpaired) electrons. The van der Waals surface area contributed by atoms with E-state index in [1.165, 1.54) is 5.56 Å². The number of benzene rings is 2. The van der Waals surface area contributed by atoms with Crippen LogP contribution in [0.3, 0.4) is 0 Å². The Kier molecular flexibility index (Phi) is 4.99. The number of hydrogen-bond acceptors (Lipinski definition) is 2. The molecular weight excluding hydrogens is 402 g/mol. The van der Waals surface area contributed by atoms with E-state index in [-0.39, 0.29) is 5.78 Å². The molecule has 0 unspecified atom stereocenters. The molecule has 0 aliphatic rings. The highest BCUT2D eigenvalue weighted by Crippen LogP contribution is 2.23. The van der Waals surface area contributed by atoms with Crippen molar-refractivity contribution >= 4 is 38.8 Å². The highest BCUT2D eigenvalue weighted by atomic mass is 79.9. The molecule has 3 nitrogen and oxygen atoms in total. The van der Waals surface area contributed by atoms with Crippen molar-refractivity contribution in [3.05, 3.63) is 107 Å². The van der Waals surface area contributed by atoms with Crippen LogP contribution in [0.15, 0.2) is 94.1 Å². The SMILES string of the molecule is O=C(/C=C/c1cc[n+](Cc2ccccc2)cc1)c1cc2cc(Br)ccc2o1. The monoisotopic (exact) mass is 418 g/mol. The summed E-state index contributed by atoms with van der Waals surface area (Å²) in [5.74, 6) is 0.192. The summed E-state index contributed by atoms with van der Waals surface area (Å²) in [6, 6.07) is 21.7. The number of fused-ring (bicyclic) bond motifs is 1. The van der Waals surface area contributed by atoms with Crippen LogP contribution in [0, 0.1) is 0 Å². The van der Waals surface area contributed by atoms with E-state index in [9.17, 15) is 4.79 Å². The van der Waals surface area contributed by atoms with Gasteiger partial charge in [0.25, 0.3) is 0 Å². The minimum Gasteiger partial charge on any atom is -0.453 e. The minimum atomic E-state index is -0.150. The van der Waals surface area contributed by atoms with Gasteiger partial charge in [0, 0.05) is 27.6 Å². The molecule has 4 rings (SSSR count). The molecule has 2 aromatic heterocycles. The average molecular weight is 419 g/mol. The number of nitrogens with zero attached hydrogens (tertiary/aromatic N) is 1. The lowest BCUT2D eigenvalue weighted by Gasteiger charge is -1.98. The molecule has 2 aromatic carbocycles. The van der Waals surface area contributed by atoms with Crippen molar-refractivity contribution in [2.75, 3.05) is 0 Å². The normalized spacial score (nSPS) is 11.3. The third kappa shape index (κ3) is 4.23. The van der Waals surface area contributed by atoms with Gasteiger partial charge in [-0.15, -0.1) is 0 Å². The Morgan fingerprint density at radius 2 is 1.78 bits per heavy atom. The summed E-state index contributed by atoms with van der Waals surface area (Å²) in [6.07, 6.45) is 7.37. The van der Waals surface area contributed by atoms with Crippen LogP contribution in [0.5, 0.6) is 0 Å². The zero-order valence-electron chi connectivity index (χ0n) is 14.5. The number of carbonyl (C=O) groups excluding carboxylic acids is 1. The van der Waals surface area contributed by atoms with Crippen LogP contribution < -0.4 is 4.57 Å². The van der Waals surface area contributed by atoms with E-state index >= 15 is 0 Å². The van der Waals surface area contributed by atoms with Crippen LogP contribution >= 0.6 is 15.9 Å². The molecular formula is C23H17BrNO2+. The van der Waals surface area contributed by atoms with Gasteiger partial charge in [0.05, 0.1) is 0 Å². The van der Waals surface area contributed by atoms with E-state index in [0.717, 1.165) is 22.0 Å². The predicted molar refractivity (Wildman–Crippen MR) is 109 cm³/mol. The van der Waals surface area contributed by atoms with Crippen molar-refractivity contribution in [1.82, 2.24) is 0 Å². The topological polar surface area (TPSA) is 34.1 Å². The molecule has 0 N–H and O–H groups in total.